The van der Waals surface area contributed by atoms with Crippen LogP contribution in [0.4, 0.5) is 5.69 Å². The van der Waals surface area contributed by atoms with E-state index in [4.69, 9.17) is 5.73 Å². The van der Waals surface area contributed by atoms with Crippen LogP contribution >= 0.6 is 0 Å². The lowest BCUT2D eigenvalue weighted by atomic mass is 9.95. The lowest BCUT2D eigenvalue weighted by Crippen LogP contribution is -2.24. The molecule has 0 aliphatic rings. The van der Waals surface area contributed by atoms with E-state index in [1.54, 1.807) is 24.3 Å². The second-order valence-electron chi connectivity index (χ2n) is 3.81. The molecule has 4 N–H and O–H groups in total. The Balaban J connectivity index is 2.89. The third-order valence-corrected chi connectivity index (χ3v) is 2.32. The molecule has 2 atom stereocenters. The highest BCUT2D eigenvalue weighted by Crippen LogP contribution is 2.25. The van der Waals surface area contributed by atoms with Crippen molar-refractivity contribution >= 4 is 5.69 Å². The maximum atomic E-state index is 9.81. The molecule has 0 heterocycles. The fourth-order valence-electron chi connectivity index (χ4n) is 1.33. The van der Waals surface area contributed by atoms with E-state index >= 15 is 0 Å². The van der Waals surface area contributed by atoms with Gasteiger partial charge in [0.05, 0.1) is 6.10 Å². The van der Waals surface area contributed by atoms with Crippen LogP contribution in [0.5, 0.6) is 0 Å². The van der Waals surface area contributed by atoms with Crippen LogP contribution in [-0.4, -0.2) is 16.3 Å². The summed E-state index contributed by atoms with van der Waals surface area (Å²) in [6, 6.07) is 7.03. The minimum atomic E-state index is -0.906. The number of anilines is 1. The van der Waals surface area contributed by atoms with Gasteiger partial charge in [-0.3, -0.25) is 0 Å². The van der Waals surface area contributed by atoms with Crippen molar-refractivity contribution in [1.82, 2.24) is 0 Å². The fourth-order valence-corrected chi connectivity index (χ4v) is 1.33. The highest BCUT2D eigenvalue weighted by Gasteiger charge is 2.22. The maximum absolute atomic E-state index is 9.81. The molecule has 3 nitrogen and oxygen atoms in total. The number of aliphatic hydroxyl groups is 2. The van der Waals surface area contributed by atoms with Crippen molar-refractivity contribution in [2.45, 2.75) is 26.1 Å². The summed E-state index contributed by atoms with van der Waals surface area (Å²) in [6.45, 7) is 3.71. The van der Waals surface area contributed by atoms with Crippen molar-refractivity contribution < 1.29 is 10.2 Å². The zero-order valence-corrected chi connectivity index (χ0v) is 8.51. The molecule has 1 rings (SSSR count). The van der Waals surface area contributed by atoms with Gasteiger partial charge >= 0.3 is 0 Å². The largest absolute Gasteiger partial charge is 0.398 e. The van der Waals surface area contributed by atoms with Crippen LogP contribution in [0.3, 0.4) is 0 Å². The van der Waals surface area contributed by atoms with Gasteiger partial charge in [-0.1, -0.05) is 32.0 Å². The van der Waals surface area contributed by atoms with Crippen LogP contribution in [0.25, 0.3) is 0 Å². The fraction of sp³-hybridized carbons (Fsp3) is 0.455. The number of hydrogen-bond donors (Lipinski definition) is 3. The number of benzene rings is 1. The van der Waals surface area contributed by atoms with Crippen LogP contribution in [0.2, 0.25) is 0 Å². The van der Waals surface area contributed by atoms with Gasteiger partial charge in [0.25, 0.3) is 0 Å². The van der Waals surface area contributed by atoms with Gasteiger partial charge in [0, 0.05) is 11.3 Å². The van der Waals surface area contributed by atoms with E-state index in [2.05, 4.69) is 0 Å². The third kappa shape index (κ3) is 2.25. The van der Waals surface area contributed by atoms with Crippen molar-refractivity contribution in [3.63, 3.8) is 0 Å². The molecular formula is C11H17NO2. The Labute approximate surface area is 84.2 Å². The Morgan fingerprint density at radius 1 is 1.14 bits per heavy atom. The van der Waals surface area contributed by atoms with Gasteiger partial charge in [0.1, 0.15) is 6.10 Å². The van der Waals surface area contributed by atoms with Crippen molar-refractivity contribution in [2.24, 2.45) is 5.92 Å². The minimum absolute atomic E-state index is 0.00426. The summed E-state index contributed by atoms with van der Waals surface area (Å²) in [5.74, 6) is 0.00426. The third-order valence-electron chi connectivity index (χ3n) is 2.32. The van der Waals surface area contributed by atoms with Gasteiger partial charge in [-0.2, -0.15) is 0 Å². The smallest absolute Gasteiger partial charge is 0.107 e. The monoisotopic (exact) mass is 195 g/mol. The summed E-state index contributed by atoms with van der Waals surface area (Å²) in [5, 5.41) is 19.5. The van der Waals surface area contributed by atoms with E-state index < -0.39 is 12.2 Å². The van der Waals surface area contributed by atoms with Crippen LogP contribution in [0, 0.1) is 5.92 Å². The summed E-state index contributed by atoms with van der Waals surface area (Å²) < 4.78 is 0. The SMILES string of the molecule is CC(C)[C@H](O)[C@@H](O)c1ccccc1N. The number of aliphatic hydroxyl groups excluding tert-OH is 2. The first-order valence-electron chi connectivity index (χ1n) is 4.74. The van der Waals surface area contributed by atoms with Crippen LogP contribution < -0.4 is 5.73 Å². The number of nitrogens with two attached hydrogens (primary N) is 1. The van der Waals surface area contributed by atoms with Gasteiger partial charge in [-0.15, -0.1) is 0 Å². The van der Waals surface area contributed by atoms with E-state index in [9.17, 15) is 10.2 Å². The Morgan fingerprint density at radius 2 is 1.71 bits per heavy atom. The molecule has 3 heteroatoms. The van der Waals surface area contributed by atoms with Crippen molar-refractivity contribution in [2.75, 3.05) is 5.73 Å². The topological polar surface area (TPSA) is 66.5 Å². The molecule has 0 bridgehead atoms. The summed E-state index contributed by atoms with van der Waals surface area (Å²) in [5.41, 5.74) is 6.79. The van der Waals surface area contributed by atoms with E-state index in [0.717, 1.165) is 0 Å². The average molecular weight is 195 g/mol. The second kappa shape index (κ2) is 4.44. The normalized spacial score (nSPS) is 15.5. The quantitative estimate of drug-likeness (QED) is 0.637. The van der Waals surface area contributed by atoms with Crippen molar-refractivity contribution in [3.8, 4) is 0 Å². The highest BCUT2D eigenvalue weighted by atomic mass is 16.3. The molecule has 0 spiro atoms. The zero-order chi connectivity index (χ0) is 10.7. The first-order valence-corrected chi connectivity index (χ1v) is 4.74. The Hall–Kier alpha value is -1.06. The highest BCUT2D eigenvalue weighted by molar-refractivity contribution is 5.47. The number of hydrogen-bond acceptors (Lipinski definition) is 3. The van der Waals surface area contributed by atoms with E-state index in [1.165, 1.54) is 0 Å². The Bertz CT molecular complexity index is 299. The van der Waals surface area contributed by atoms with Gasteiger partial charge < -0.3 is 15.9 Å². The summed E-state index contributed by atoms with van der Waals surface area (Å²) in [6.07, 6.45) is -1.68. The molecule has 0 aliphatic carbocycles. The molecule has 0 aliphatic heterocycles. The van der Waals surface area contributed by atoms with Crippen molar-refractivity contribution in [1.29, 1.82) is 0 Å². The molecule has 0 fully saturated rings. The molecule has 0 unspecified atom stereocenters. The minimum Gasteiger partial charge on any atom is -0.398 e. The molecule has 78 valence electrons. The predicted octanol–water partition coefficient (Wildman–Crippen LogP) is 1.32. The molecule has 0 saturated carbocycles. The molecule has 1 aromatic carbocycles. The first kappa shape index (κ1) is 11.0. The molecule has 0 saturated heterocycles. The molecule has 0 aromatic heterocycles. The number of rotatable bonds is 3. The predicted molar refractivity (Wildman–Crippen MR) is 56.7 cm³/mol. The molecule has 1 aromatic rings. The van der Waals surface area contributed by atoms with Crippen LogP contribution in [-0.2, 0) is 0 Å². The average Bonchev–Trinajstić information content (AvgIpc) is 2.16. The van der Waals surface area contributed by atoms with Crippen molar-refractivity contribution in [3.05, 3.63) is 29.8 Å². The van der Waals surface area contributed by atoms with Gasteiger partial charge in [-0.05, 0) is 12.0 Å². The number of nitrogen functional groups attached to an aromatic ring is 1. The maximum Gasteiger partial charge on any atom is 0.107 e. The molecular weight excluding hydrogens is 178 g/mol. The number of para-hydroxylation sites is 1. The Kier molecular flexibility index (Phi) is 3.49. The second-order valence-corrected chi connectivity index (χ2v) is 3.81. The van der Waals surface area contributed by atoms with E-state index in [-0.39, 0.29) is 5.92 Å². The standard InChI is InChI=1S/C11H17NO2/c1-7(2)10(13)11(14)8-5-3-4-6-9(8)12/h3-7,10-11,13-14H,12H2,1-2H3/t10-,11-/m0/s1. The zero-order valence-electron chi connectivity index (χ0n) is 8.51. The summed E-state index contributed by atoms with van der Waals surface area (Å²) >= 11 is 0. The molecule has 0 radical (unpaired) electrons. The Morgan fingerprint density at radius 3 is 2.21 bits per heavy atom. The molecule has 0 amide bonds. The van der Waals surface area contributed by atoms with Gasteiger partial charge in [0.15, 0.2) is 0 Å². The van der Waals surface area contributed by atoms with Gasteiger partial charge in [-0.25, -0.2) is 0 Å². The summed E-state index contributed by atoms with van der Waals surface area (Å²) in [7, 11) is 0. The molecule has 14 heavy (non-hydrogen) atoms. The van der Waals surface area contributed by atoms with E-state index in [0.29, 0.717) is 11.3 Å². The van der Waals surface area contributed by atoms with Crippen LogP contribution in [0.1, 0.15) is 25.5 Å². The lowest BCUT2D eigenvalue weighted by Gasteiger charge is -2.22. The van der Waals surface area contributed by atoms with Gasteiger partial charge in [0.2, 0.25) is 0 Å². The van der Waals surface area contributed by atoms with Crippen LogP contribution in [0.15, 0.2) is 24.3 Å². The van der Waals surface area contributed by atoms with E-state index in [1.807, 2.05) is 13.8 Å². The lowest BCUT2D eigenvalue weighted by molar-refractivity contribution is -0.00900. The first-order chi connectivity index (χ1) is 6.54. The summed E-state index contributed by atoms with van der Waals surface area (Å²) in [4.78, 5) is 0.